The minimum Gasteiger partial charge on any atom is -0.308 e. The number of aromatic nitrogens is 1. The van der Waals surface area contributed by atoms with Gasteiger partial charge in [-0.3, -0.25) is 9.78 Å². The zero-order valence-corrected chi connectivity index (χ0v) is 12.4. The van der Waals surface area contributed by atoms with Gasteiger partial charge in [0, 0.05) is 23.2 Å². The molecule has 1 aliphatic rings. The molecule has 0 atom stereocenters. The van der Waals surface area contributed by atoms with Crippen molar-refractivity contribution in [3.8, 4) is 0 Å². The number of pyridine rings is 1. The number of hydrogen-bond donors (Lipinski definition) is 1. The summed E-state index contributed by atoms with van der Waals surface area (Å²) < 4.78 is 0. The van der Waals surface area contributed by atoms with Crippen molar-refractivity contribution in [2.24, 2.45) is 0 Å². The van der Waals surface area contributed by atoms with Crippen molar-refractivity contribution in [2.75, 3.05) is 18.0 Å². The third-order valence-electron chi connectivity index (χ3n) is 3.40. The molecule has 4 nitrogen and oxygen atoms in total. The molecule has 2 rings (SSSR count). The Bertz CT molecular complexity index is 471. The summed E-state index contributed by atoms with van der Waals surface area (Å²) >= 11 is 0. The van der Waals surface area contributed by atoms with Crippen molar-refractivity contribution in [1.82, 2.24) is 10.3 Å². The van der Waals surface area contributed by atoms with Crippen molar-refractivity contribution in [3.05, 3.63) is 24.0 Å². The van der Waals surface area contributed by atoms with Gasteiger partial charge in [0.2, 0.25) is 5.91 Å². The van der Waals surface area contributed by atoms with E-state index in [9.17, 15) is 4.79 Å². The number of amides is 1. The molecule has 1 aromatic heterocycles. The summed E-state index contributed by atoms with van der Waals surface area (Å²) in [7, 11) is 0. The Morgan fingerprint density at radius 1 is 1.32 bits per heavy atom. The molecule has 0 spiro atoms. The second kappa shape index (κ2) is 4.60. The van der Waals surface area contributed by atoms with Crippen molar-refractivity contribution in [1.29, 1.82) is 0 Å². The van der Waals surface area contributed by atoms with E-state index in [4.69, 9.17) is 0 Å². The van der Waals surface area contributed by atoms with Crippen LogP contribution in [0.1, 0.15) is 40.3 Å². The maximum Gasteiger partial charge on any atom is 0.241 e. The first-order chi connectivity index (χ1) is 8.69. The number of hydrogen-bond acceptors (Lipinski definition) is 3. The van der Waals surface area contributed by atoms with Crippen LogP contribution in [-0.4, -0.2) is 29.5 Å². The summed E-state index contributed by atoms with van der Waals surface area (Å²) in [5.41, 5.74) is 1.90. The predicted octanol–water partition coefficient (Wildman–Crippen LogP) is 2.09. The summed E-state index contributed by atoms with van der Waals surface area (Å²) in [4.78, 5) is 18.3. The van der Waals surface area contributed by atoms with Gasteiger partial charge in [-0.05, 0) is 26.0 Å². The molecule has 1 aromatic rings. The van der Waals surface area contributed by atoms with Crippen molar-refractivity contribution in [2.45, 2.75) is 45.6 Å². The molecule has 0 radical (unpaired) electrons. The second-order valence-corrected chi connectivity index (χ2v) is 6.87. The average Bonchev–Trinajstić information content (AvgIpc) is 2.31. The Morgan fingerprint density at radius 3 is 2.53 bits per heavy atom. The van der Waals surface area contributed by atoms with E-state index in [0.717, 1.165) is 11.4 Å². The molecule has 0 saturated carbocycles. The highest BCUT2D eigenvalue weighted by Gasteiger charge is 2.31. The number of nitrogens with zero attached hydrogens (tertiary/aromatic N) is 2. The van der Waals surface area contributed by atoms with Crippen LogP contribution in [0.25, 0.3) is 0 Å². The molecule has 1 N–H and O–H groups in total. The first-order valence-corrected chi connectivity index (χ1v) is 6.71. The van der Waals surface area contributed by atoms with Crippen LogP contribution in [-0.2, 0) is 10.2 Å². The third-order valence-corrected chi connectivity index (χ3v) is 3.40. The quantitative estimate of drug-likeness (QED) is 0.842. The minimum atomic E-state index is -0.0589. The molecule has 1 aliphatic heterocycles. The van der Waals surface area contributed by atoms with E-state index in [0.29, 0.717) is 13.1 Å². The minimum absolute atomic E-state index is 0.0330. The van der Waals surface area contributed by atoms with Gasteiger partial charge in [0.05, 0.1) is 18.4 Å². The SMILES string of the molecule is CC1(C)CN(c2ccc(C(C)(C)C)nc2)C(=O)CN1. The first-order valence-electron chi connectivity index (χ1n) is 6.71. The van der Waals surface area contributed by atoms with E-state index in [1.54, 1.807) is 6.20 Å². The fourth-order valence-electron chi connectivity index (χ4n) is 2.17. The summed E-state index contributed by atoms with van der Waals surface area (Å²) in [5, 5.41) is 3.23. The lowest BCUT2D eigenvalue weighted by atomic mass is 9.91. The lowest BCUT2D eigenvalue weighted by Gasteiger charge is -2.38. The van der Waals surface area contributed by atoms with E-state index >= 15 is 0 Å². The third kappa shape index (κ3) is 3.13. The summed E-state index contributed by atoms with van der Waals surface area (Å²) in [6.45, 7) is 11.7. The molecule has 0 aromatic carbocycles. The van der Waals surface area contributed by atoms with Gasteiger partial charge in [0.25, 0.3) is 0 Å². The van der Waals surface area contributed by atoms with Crippen molar-refractivity contribution >= 4 is 11.6 Å². The predicted molar refractivity (Wildman–Crippen MR) is 77.4 cm³/mol. The molecule has 1 amide bonds. The maximum absolute atomic E-state index is 12.0. The topological polar surface area (TPSA) is 45.2 Å². The second-order valence-electron chi connectivity index (χ2n) is 6.87. The number of carbonyl (C=O) groups excluding carboxylic acids is 1. The van der Waals surface area contributed by atoms with E-state index < -0.39 is 0 Å². The number of anilines is 1. The largest absolute Gasteiger partial charge is 0.308 e. The Kier molecular flexibility index (Phi) is 3.39. The van der Waals surface area contributed by atoms with Crippen molar-refractivity contribution < 1.29 is 4.79 Å². The van der Waals surface area contributed by atoms with Gasteiger partial charge in [0.15, 0.2) is 0 Å². The zero-order valence-electron chi connectivity index (χ0n) is 12.4. The summed E-state index contributed by atoms with van der Waals surface area (Å²) in [6.07, 6.45) is 1.81. The van der Waals surface area contributed by atoms with Gasteiger partial charge in [-0.25, -0.2) is 0 Å². The Balaban J connectivity index is 2.24. The average molecular weight is 261 g/mol. The van der Waals surface area contributed by atoms with Crippen LogP contribution >= 0.6 is 0 Å². The van der Waals surface area contributed by atoms with Gasteiger partial charge in [0.1, 0.15) is 0 Å². The van der Waals surface area contributed by atoms with Crippen LogP contribution in [0, 0.1) is 0 Å². The first kappa shape index (κ1) is 14.0. The fraction of sp³-hybridized carbons (Fsp3) is 0.600. The van der Waals surface area contributed by atoms with E-state index in [1.807, 2.05) is 17.0 Å². The molecule has 4 heteroatoms. The molecular weight excluding hydrogens is 238 g/mol. The smallest absolute Gasteiger partial charge is 0.241 e. The van der Waals surface area contributed by atoms with Crippen molar-refractivity contribution in [3.63, 3.8) is 0 Å². The van der Waals surface area contributed by atoms with Crippen LogP contribution < -0.4 is 10.2 Å². The highest BCUT2D eigenvalue weighted by atomic mass is 16.2. The molecule has 19 heavy (non-hydrogen) atoms. The van der Waals surface area contributed by atoms with Crippen LogP contribution in [0.4, 0.5) is 5.69 Å². The fourth-order valence-corrected chi connectivity index (χ4v) is 2.17. The molecule has 2 heterocycles. The highest BCUT2D eigenvalue weighted by Crippen LogP contribution is 2.24. The van der Waals surface area contributed by atoms with Gasteiger partial charge in [-0.15, -0.1) is 0 Å². The molecule has 0 bridgehead atoms. The number of nitrogens with one attached hydrogen (secondary N) is 1. The van der Waals surface area contributed by atoms with E-state index in [-0.39, 0.29) is 16.9 Å². The Morgan fingerprint density at radius 2 is 2.00 bits per heavy atom. The Labute approximate surface area is 115 Å². The van der Waals surface area contributed by atoms with Gasteiger partial charge in [-0.2, -0.15) is 0 Å². The lowest BCUT2D eigenvalue weighted by Crippen LogP contribution is -2.60. The molecule has 0 aliphatic carbocycles. The summed E-state index contributed by atoms with van der Waals surface area (Å²) in [5.74, 6) is 0.102. The molecule has 104 valence electrons. The zero-order chi connectivity index (χ0) is 14.3. The molecule has 1 saturated heterocycles. The Hall–Kier alpha value is -1.42. The molecule has 1 fully saturated rings. The number of carbonyl (C=O) groups is 1. The maximum atomic E-state index is 12.0. The lowest BCUT2D eigenvalue weighted by molar-refractivity contribution is -0.119. The normalized spacial score (nSPS) is 19.6. The number of piperazine rings is 1. The van der Waals surface area contributed by atoms with Crippen LogP contribution in [0.2, 0.25) is 0 Å². The standard InChI is InChI=1S/C15H23N3O/c1-14(2,3)12-7-6-11(8-16-12)18-10-15(4,5)17-9-13(18)19/h6-8,17H,9-10H2,1-5H3. The number of rotatable bonds is 1. The molecule has 0 unspecified atom stereocenters. The monoisotopic (exact) mass is 261 g/mol. The van der Waals surface area contributed by atoms with Gasteiger partial charge >= 0.3 is 0 Å². The van der Waals surface area contributed by atoms with Crippen LogP contribution in [0.5, 0.6) is 0 Å². The summed E-state index contributed by atoms with van der Waals surface area (Å²) in [6, 6.07) is 4.00. The van der Waals surface area contributed by atoms with Crippen LogP contribution in [0.15, 0.2) is 18.3 Å². The van der Waals surface area contributed by atoms with E-state index in [2.05, 4.69) is 44.9 Å². The van der Waals surface area contributed by atoms with E-state index in [1.165, 1.54) is 0 Å². The van der Waals surface area contributed by atoms with Gasteiger partial charge in [-0.1, -0.05) is 20.8 Å². The van der Waals surface area contributed by atoms with Gasteiger partial charge < -0.3 is 10.2 Å². The highest BCUT2D eigenvalue weighted by molar-refractivity contribution is 5.95. The van der Waals surface area contributed by atoms with Crippen LogP contribution in [0.3, 0.4) is 0 Å². The molecular formula is C15H23N3O.